The lowest BCUT2D eigenvalue weighted by Gasteiger charge is -2.15. The third-order valence-electron chi connectivity index (χ3n) is 4.50. The second kappa shape index (κ2) is 9.87. The van der Waals surface area contributed by atoms with E-state index in [1.54, 1.807) is 12.1 Å². The van der Waals surface area contributed by atoms with Crippen LogP contribution in [0.4, 0.5) is 10.1 Å². The maximum atomic E-state index is 12.9. The van der Waals surface area contributed by atoms with Gasteiger partial charge in [0.15, 0.2) is 5.96 Å². The fourth-order valence-electron chi connectivity index (χ4n) is 3.16. The minimum atomic E-state index is -0.207. The topological polar surface area (TPSA) is 53.6 Å². The Bertz CT molecular complexity index is 746. The number of rotatable bonds is 6. The maximum absolute atomic E-state index is 12.9. The Kier molecular flexibility index (Phi) is 7.84. The number of hydrogen-bond acceptors (Lipinski definition) is 2. The quantitative estimate of drug-likeness (QED) is 0.386. The molecule has 0 spiro atoms. The van der Waals surface area contributed by atoms with E-state index in [4.69, 9.17) is 5.73 Å². The zero-order chi connectivity index (χ0) is 17.6. The van der Waals surface area contributed by atoms with Gasteiger partial charge in [-0.2, -0.15) is 0 Å². The Morgan fingerprint density at radius 1 is 1.15 bits per heavy atom. The zero-order valence-electron chi connectivity index (χ0n) is 15.0. The molecular weight excluding hydrogens is 442 g/mol. The van der Waals surface area contributed by atoms with E-state index in [1.165, 1.54) is 36.1 Å². The van der Waals surface area contributed by atoms with Crippen LogP contribution in [0.25, 0.3) is 0 Å². The van der Waals surface area contributed by atoms with Crippen LogP contribution >= 0.6 is 24.0 Å². The van der Waals surface area contributed by atoms with Crippen LogP contribution in [0.2, 0.25) is 0 Å². The van der Waals surface area contributed by atoms with E-state index < -0.39 is 0 Å². The number of anilines is 1. The molecule has 3 rings (SSSR count). The summed E-state index contributed by atoms with van der Waals surface area (Å²) in [4.78, 5) is 6.53. The Morgan fingerprint density at radius 2 is 1.88 bits per heavy atom. The van der Waals surface area contributed by atoms with Crippen LogP contribution in [-0.2, 0) is 19.4 Å². The molecular formula is C20H26FIN4. The molecule has 0 heterocycles. The lowest BCUT2D eigenvalue weighted by Crippen LogP contribution is -2.26. The molecule has 2 aromatic carbocycles. The molecule has 0 amide bonds. The number of nitrogens with one attached hydrogen (secondary N) is 1. The lowest BCUT2D eigenvalue weighted by molar-refractivity contribution is 0.336. The van der Waals surface area contributed by atoms with Gasteiger partial charge in [0, 0.05) is 18.8 Å². The molecule has 3 N–H and O–H groups in total. The molecule has 26 heavy (non-hydrogen) atoms. The number of fused-ring (bicyclic) bond motifs is 1. The van der Waals surface area contributed by atoms with E-state index in [0.717, 1.165) is 30.8 Å². The van der Waals surface area contributed by atoms with Gasteiger partial charge in [0.1, 0.15) is 5.82 Å². The first-order chi connectivity index (χ1) is 12.1. The summed E-state index contributed by atoms with van der Waals surface area (Å²) in [5, 5.41) is 3.17. The molecule has 0 saturated heterocycles. The van der Waals surface area contributed by atoms with Crippen molar-refractivity contribution < 1.29 is 4.39 Å². The summed E-state index contributed by atoms with van der Waals surface area (Å²) < 4.78 is 12.9. The molecule has 1 aliphatic carbocycles. The molecule has 0 atom stereocenters. The number of benzene rings is 2. The number of likely N-dealkylation sites (N-methyl/N-ethyl adjacent to an activating group) is 1. The van der Waals surface area contributed by atoms with Crippen molar-refractivity contribution in [1.82, 2.24) is 4.90 Å². The molecule has 6 heteroatoms. The van der Waals surface area contributed by atoms with Crippen molar-refractivity contribution >= 4 is 35.6 Å². The molecule has 0 fully saturated rings. The highest BCUT2D eigenvalue weighted by atomic mass is 127. The van der Waals surface area contributed by atoms with E-state index in [0.29, 0.717) is 12.5 Å². The first kappa shape index (κ1) is 20.6. The Balaban J connectivity index is 0.00000243. The van der Waals surface area contributed by atoms with Crippen molar-refractivity contribution in [3.05, 3.63) is 65.0 Å². The van der Waals surface area contributed by atoms with Gasteiger partial charge in [-0.05, 0) is 67.3 Å². The van der Waals surface area contributed by atoms with Gasteiger partial charge in [-0.1, -0.05) is 18.2 Å². The van der Waals surface area contributed by atoms with Gasteiger partial charge in [0.05, 0.1) is 6.54 Å². The third-order valence-corrected chi connectivity index (χ3v) is 4.50. The minimum absolute atomic E-state index is 0. The van der Waals surface area contributed by atoms with Crippen molar-refractivity contribution in [2.75, 3.05) is 25.5 Å². The molecule has 0 aromatic heterocycles. The summed E-state index contributed by atoms with van der Waals surface area (Å²) >= 11 is 0. The average molecular weight is 468 g/mol. The van der Waals surface area contributed by atoms with Crippen molar-refractivity contribution in [3.63, 3.8) is 0 Å². The molecule has 2 aromatic rings. The fraction of sp³-hybridized carbons (Fsp3) is 0.350. The van der Waals surface area contributed by atoms with Crippen LogP contribution in [0.15, 0.2) is 47.5 Å². The molecule has 4 nitrogen and oxygen atoms in total. The average Bonchev–Trinajstić information content (AvgIpc) is 3.04. The number of nitrogens with zero attached hydrogens (tertiary/aromatic N) is 2. The van der Waals surface area contributed by atoms with E-state index in [2.05, 4.69) is 33.4 Å². The summed E-state index contributed by atoms with van der Waals surface area (Å²) in [6, 6.07) is 13.0. The van der Waals surface area contributed by atoms with Gasteiger partial charge in [0.2, 0.25) is 0 Å². The fourth-order valence-corrected chi connectivity index (χ4v) is 3.16. The van der Waals surface area contributed by atoms with E-state index in [9.17, 15) is 4.39 Å². The first-order valence-corrected chi connectivity index (χ1v) is 8.72. The molecule has 0 saturated carbocycles. The maximum Gasteiger partial charge on any atom is 0.193 e. The van der Waals surface area contributed by atoms with E-state index >= 15 is 0 Å². The third kappa shape index (κ3) is 5.95. The Hall–Kier alpha value is -1.67. The number of hydrogen-bond donors (Lipinski definition) is 2. The van der Waals surface area contributed by atoms with Crippen LogP contribution in [0, 0.1) is 5.82 Å². The van der Waals surface area contributed by atoms with E-state index in [-0.39, 0.29) is 29.8 Å². The SMILES string of the molecule is CN(CCN=C(N)Nc1ccc2c(c1)CCC2)Cc1ccc(F)cc1.I. The number of halogens is 2. The van der Waals surface area contributed by atoms with Crippen LogP contribution in [0.3, 0.4) is 0 Å². The molecule has 0 radical (unpaired) electrons. The largest absolute Gasteiger partial charge is 0.370 e. The summed E-state index contributed by atoms with van der Waals surface area (Å²) in [6.07, 6.45) is 3.57. The van der Waals surface area contributed by atoms with E-state index in [1.807, 2.05) is 7.05 Å². The summed E-state index contributed by atoms with van der Waals surface area (Å²) in [5.41, 5.74) is 10.9. The molecule has 0 bridgehead atoms. The van der Waals surface area contributed by atoms with Crippen LogP contribution in [0.1, 0.15) is 23.1 Å². The van der Waals surface area contributed by atoms with Crippen molar-refractivity contribution in [2.45, 2.75) is 25.8 Å². The summed E-state index contributed by atoms with van der Waals surface area (Å²) in [5.74, 6) is 0.231. The van der Waals surface area contributed by atoms with Gasteiger partial charge in [-0.15, -0.1) is 24.0 Å². The monoisotopic (exact) mass is 468 g/mol. The summed E-state index contributed by atoms with van der Waals surface area (Å²) in [6.45, 7) is 2.15. The highest BCUT2D eigenvalue weighted by Gasteiger charge is 2.10. The number of nitrogens with two attached hydrogens (primary N) is 1. The van der Waals surface area contributed by atoms with Gasteiger partial charge in [-0.3, -0.25) is 4.99 Å². The second-order valence-electron chi connectivity index (χ2n) is 6.59. The zero-order valence-corrected chi connectivity index (χ0v) is 17.4. The predicted octanol–water partition coefficient (Wildman–Crippen LogP) is 3.79. The van der Waals surface area contributed by atoms with Crippen LogP contribution < -0.4 is 11.1 Å². The highest BCUT2D eigenvalue weighted by molar-refractivity contribution is 14.0. The normalized spacial score (nSPS) is 13.4. The summed E-state index contributed by atoms with van der Waals surface area (Å²) in [7, 11) is 2.02. The predicted molar refractivity (Wildman–Crippen MR) is 117 cm³/mol. The van der Waals surface area contributed by atoms with Crippen LogP contribution in [-0.4, -0.2) is 31.0 Å². The standard InChI is InChI=1S/C20H25FN4.HI/c1-25(14-15-5-8-18(21)9-6-15)12-11-23-20(22)24-19-10-7-16-3-2-4-17(16)13-19;/h5-10,13H,2-4,11-12,14H2,1H3,(H3,22,23,24);1H. The first-order valence-electron chi connectivity index (χ1n) is 8.72. The second-order valence-corrected chi connectivity index (χ2v) is 6.59. The lowest BCUT2D eigenvalue weighted by atomic mass is 10.1. The molecule has 140 valence electrons. The highest BCUT2D eigenvalue weighted by Crippen LogP contribution is 2.24. The van der Waals surface area contributed by atoms with Crippen molar-refractivity contribution in [3.8, 4) is 0 Å². The Morgan fingerprint density at radius 3 is 2.65 bits per heavy atom. The van der Waals surface area contributed by atoms with Gasteiger partial charge >= 0.3 is 0 Å². The number of aryl methyl sites for hydroxylation is 2. The Labute approximate surface area is 171 Å². The van der Waals surface area contributed by atoms with Crippen molar-refractivity contribution in [1.29, 1.82) is 0 Å². The van der Waals surface area contributed by atoms with Gasteiger partial charge in [0.25, 0.3) is 0 Å². The smallest absolute Gasteiger partial charge is 0.193 e. The van der Waals surface area contributed by atoms with Gasteiger partial charge in [-0.25, -0.2) is 4.39 Å². The molecule has 1 aliphatic rings. The van der Waals surface area contributed by atoms with Crippen LogP contribution in [0.5, 0.6) is 0 Å². The molecule has 0 unspecified atom stereocenters. The number of guanidine groups is 1. The van der Waals surface area contributed by atoms with Gasteiger partial charge < -0.3 is 16.0 Å². The number of aliphatic imine (C=N–C) groups is 1. The minimum Gasteiger partial charge on any atom is -0.370 e. The molecule has 0 aliphatic heterocycles. The van der Waals surface area contributed by atoms with Crippen molar-refractivity contribution in [2.24, 2.45) is 10.7 Å².